The van der Waals surface area contributed by atoms with E-state index in [-0.39, 0.29) is 18.4 Å². The molecule has 10 nitrogen and oxygen atoms in total. The summed E-state index contributed by atoms with van der Waals surface area (Å²) < 4.78 is 11.3. The lowest BCUT2D eigenvalue weighted by atomic mass is 10.2. The van der Waals surface area contributed by atoms with Crippen LogP contribution in [0.25, 0.3) is 11.0 Å². The lowest BCUT2D eigenvalue weighted by Crippen LogP contribution is -2.49. The monoisotopic (exact) mass is 432 g/mol. The Balaban J connectivity index is 1.31. The van der Waals surface area contributed by atoms with E-state index < -0.39 is 11.9 Å². The van der Waals surface area contributed by atoms with Crippen molar-refractivity contribution in [2.24, 2.45) is 0 Å². The van der Waals surface area contributed by atoms with Gasteiger partial charge in [0.15, 0.2) is 0 Å². The van der Waals surface area contributed by atoms with Gasteiger partial charge in [-0.1, -0.05) is 30.3 Å². The van der Waals surface area contributed by atoms with Crippen molar-refractivity contribution in [2.45, 2.75) is 19.4 Å². The van der Waals surface area contributed by atoms with E-state index in [1.807, 2.05) is 37.3 Å². The molecule has 2 aromatic heterocycles. The molecule has 2 aromatic carbocycles. The fraction of sp³-hybridized carbons (Fsp3) is 0.227. The first-order valence-electron chi connectivity index (χ1n) is 10.1. The Hall–Kier alpha value is -4.21. The number of benzene rings is 2. The van der Waals surface area contributed by atoms with Crippen LogP contribution in [0.1, 0.15) is 28.0 Å². The van der Waals surface area contributed by atoms with Crippen LogP contribution in [0.15, 0.2) is 46.9 Å². The number of anilines is 1. The summed E-state index contributed by atoms with van der Waals surface area (Å²) in [6, 6.07) is 12.2. The Morgan fingerprint density at radius 2 is 2.06 bits per heavy atom. The van der Waals surface area contributed by atoms with Gasteiger partial charge in [-0.2, -0.15) is 0 Å². The van der Waals surface area contributed by atoms with Crippen LogP contribution in [-0.2, 0) is 11.2 Å². The summed E-state index contributed by atoms with van der Waals surface area (Å²) in [6.45, 7) is 1.82. The van der Waals surface area contributed by atoms with Gasteiger partial charge in [-0.15, -0.1) is 10.2 Å². The second-order valence-corrected chi connectivity index (χ2v) is 7.56. The Bertz CT molecular complexity index is 1310. The maximum absolute atomic E-state index is 13.0. The number of H-pyrrole nitrogens is 1. The first-order chi connectivity index (χ1) is 15.5. The molecule has 0 radical (unpaired) electrons. The second-order valence-electron chi connectivity index (χ2n) is 7.56. The molecule has 10 heteroatoms. The third-order valence-electron chi connectivity index (χ3n) is 5.24. The van der Waals surface area contributed by atoms with Gasteiger partial charge in [0.1, 0.15) is 24.2 Å². The Morgan fingerprint density at radius 1 is 1.25 bits per heavy atom. The minimum atomic E-state index is -0.919. The summed E-state index contributed by atoms with van der Waals surface area (Å²) in [5, 5.41) is 10.4. The molecule has 4 aromatic rings. The van der Waals surface area contributed by atoms with Crippen molar-refractivity contribution in [3.63, 3.8) is 0 Å². The molecule has 0 saturated carbocycles. The summed E-state index contributed by atoms with van der Waals surface area (Å²) in [4.78, 5) is 34.7. The molecule has 0 saturated heterocycles. The quantitative estimate of drug-likeness (QED) is 0.505. The Labute approximate surface area is 182 Å². The maximum atomic E-state index is 13.0. The van der Waals surface area contributed by atoms with Crippen LogP contribution in [0.2, 0.25) is 0 Å². The molecule has 1 atom stereocenters. The minimum Gasteiger partial charge on any atom is -0.489 e. The number of aromatic nitrogens is 4. The predicted molar refractivity (Wildman–Crippen MR) is 115 cm³/mol. The molecule has 2 N–H and O–H groups in total. The fourth-order valence-corrected chi connectivity index (χ4v) is 3.64. The zero-order valence-electron chi connectivity index (χ0n) is 17.5. The largest absolute Gasteiger partial charge is 0.489 e. The van der Waals surface area contributed by atoms with E-state index in [4.69, 9.17) is 9.15 Å². The van der Waals surface area contributed by atoms with Crippen LogP contribution >= 0.6 is 0 Å². The third-order valence-corrected chi connectivity index (χ3v) is 5.24. The van der Waals surface area contributed by atoms with Gasteiger partial charge in [0, 0.05) is 13.1 Å². The number of aryl methyl sites for hydroxylation is 1. The van der Waals surface area contributed by atoms with E-state index in [1.165, 1.54) is 4.90 Å². The zero-order valence-corrected chi connectivity index (χ0v) is 17.5. The minimum absolute atomic E-state index is 0.0362. The van der Waals surface area contributed by atoms with Crippen molar-refractivity contribution in [3.8, 4) is 5.75 Å². The summed E-state index contributed by atoms with van der Waals surface area (Å²) in [5.74, 6) is 0.436. The number of nitrogens with one attached hydrogen (secondary N) is 2. The number of amides is 2. The molecule has 162 valence electrons. The first kappa shape index (κ1) is 19.7. The molecular weight excluding hydrogens is 412 g/mol. The van der Waals surface area contributed by atoms with Crippen LogP contribution in [0, 0.1) is 6.92 Å². The van der Waals surface area contributed by atoms with E-state index in [0.29, 0.717) is 23.7 Å². The molecule has 0 fully saturated rings. The van der Waals surface area contributed by atoms with Gasteiger partial charge >= 0.3 is 11.8 Å². The van der Waals surface area contributed by atoms with Crippen molar-refractivity contribution in [1.82, 2.24) is 25.5 Å². The van der Waals surface area contributed by atoms with Crippen molar-refractivity contribution in [1.29, 1.82) is 0 Å². The van der Waals surface area contributed by atoms with Crippen LogP contribution in [-0.4, -0.2) is 51.7 Å². The highest BCUT2D eigenvalue weighted by Crippen LogP contribution is 2.34. The van der Waals surface area contributed by atoms with Gasteiger partial charge < -0.3 is 24.4 Å². The van der Waals surface area contributed by atoms with E-state index >= 15 is 0 Å². The van der Waals surface area contributed by atoms with Gasteiger partial charge in [0.05, 0.1) is 23.1 Å². The smallest absolute Gasteiger partial charge is 0.309 e. The van der Waals surface area contributed by atoms with E-state index in [0.717, 1.165) is 22.4 Å². The first-order valence-corrected chi connectivity index (χ1v) is 10.1. The molecule has 0 spiro atoms. The normalized spacial score (nSPS) is 15.9. The maximum Gasteiger partial charge on any atom is 0.309 e. The van der Waals surface area contributed by atoms with E-state index in [1.54, 1.807) is 19.2 Å². The molecule has 0 unspecified atom stereocenters. The number of carbonyl (C=O) groups excluding carboxylic acids is 2. The molecule has 2 amide bonds. The lowest BCUT2D eigenvalue weighted by molar-refractivity contribution is -0.120. The number of fused-ring (bicyclic) bond motifs is 2. The average Bonchev–Trinajstić information content (AvgIpc) is 3.38. The molecule has 0 bridgehead atoms. The van der Waals surface area contributed by atoms with Crippen molar-refractivity contribution < 1.29 is 18.7 Å². The molecule has 5 rings (SSSR count). The van der Waals surface area contributed by atoms with Gasteiger partial charge in [0.2, 0.25) is 5.89 Å². The number of rotatable bonds is 4. The molecular formula is C22H20N6O4. The number of carbonyl (C=O) groups is 2. The van der Waals surface area contributed by atoms with Crippen LogP contribution < -0.4 is 15.0 Å². The van der Waals surface area contributed by atoms with Gasteiger partial charge in [-0.25, -0.2) is 4.98 Å². The summed E-state index contributed by atoms with van der Waals surface area (Å²) >= 11 is 0. The van der Waals surface area contributed by atoms with Gasteiger partial charge in [-0.3, -0.25) is 9.59 Å². The van der Waals surface area contributed by atoms with Crippen molar-refractivity contribution in [2.75, 3.05) is 18.6 Å². The highest BCUT2D eigenvalue weighted by Gasteiger charge is 2.32. The van der Waals surface area contributed by atoms with E-state index in [2.05, 4.69) is 25.5 Å². The molecule has 0 aliphatic carbocycles. The van der Waals surface area contributed by atoms with Crippen LogP contribution in [0.3, 0.4) is 0 Å². The Kier molecular flexibility index (Phi) is 4.81. The summed E-state index contributed by atoms with van der Waals surface area (Å²) in [7, 11) is 1.63. The van der Waals surface area contributed by atoms with Crippen molar-refractivity contribution in [3.05, 3.63) is 65.6 Å². The topological polar surface area (TPSA) is 126 Å². The van der Waals surface area contributed by atoms with Crippen LogP contribution in [0.4, 0.5) is 5.69 Å². The number of ether oxygens (including phenoxy) is 1. The lowest BCUT2D eigenvalue weighted by Gasteiger charge is -2.19. The van der Waals surface area contributed by atoms with Crippen LogP contribution in [0.5, 0.6) is 5.75 Å². The number of hydrogen-bond acceptors (Lipinski definition) is 7. The SMILES string of the molecule is Cc1nc2cc3c(cc2[nH]1)OC[C@H](NC(=O)c1nnc(Cc2ccccc2)o1)C(=O)N3C. The third kappa shape index (κ3) is 3.66. The predicted octanol–water partition coefficient (Wildman–Crippen LogP) is 2.00. The van der Waals surface area contributed by atoms with E-state index in [9.17, 15) is 9.59 Å². The molecule has 3 heterocycles. The highest BCUT2D eigenvalue weighted by molar-refractivity contribution is 6.03. The number of nitrogens with zero attached hydrogens (tertiary/aromatic N) is 4. The van der Waals surface area contributed by atoms with Crippen molar-refractivity contribution >= 4 is 28.5 Å². The second kappa shape index (κ2) is 7.80. The summed E-state index contributed by atoms with van der Waals surface area (Å²) in [5.41, 5.74) is 3.09. The number of aromatic amines is 1. The number of hydrogen-bond donors (Lipinski definition) is 2. The Morgan fingerprint density at radius 3 is 2.88 bits per heavy atom. The molecule has 32 heavy (non-hydrogen) atoms. The average molecular weight is 432 g/mol. The summed E-state index contributed by atoms with van der Waals surface area (Å²) in [6.07, 6.45) is 0.408. The zero-order chi connectivity index (χ0) is 22.2. The number of likely N-dealkylation sites (N-methyl/N-ethyl adjacent to an activating group) is 1. The van der Waals surface area contributed by atoms with Gasteiger partial charge in [-0.05, 0) is 18.6 Å². The standard InChI is InChI=1S/C22H20N6O4/c1-12-23-14-9-17-18(10-15(14)24-12)31-11-16(22(30)28(17)2)25-20(29)21-27-26-19(32-21)8-13-6-4-3-5-7-13/h3-7,9-10,16H,8,11H2,1-2H3,(H,23,24)(H,25,29)/t16-/m0/s1. The fourth-order valence-electron chi connectivity index (χ4n) is 3.64. The van der Waals surface area contributed by atoms with Gasteiger partial charge in [0.25, 0.3) is 5.91 Å². The highest BCUT2D eigenvalue weighted by atomic mass is 16.5. The molecule has 1 aliphatic heterocycles. The number of imidazole rings is 1. The molecule has 1 aliphatic rings.